The van der Waals surface area contributed by atoms with Crippen molar-refractivity contribution < 1.29 is 80.5 Å². The van der Waals surface area contributed by atoms with Gasteiger partial charge in [-0.15, -0.1) is 0 Å². The Morgan fingerprint density at radius 2 is 1.83 bits per heavy atom. The normalized spacial score (nSPS) is 23.9. The van der Waals surface area contributed by atoms with E-state index in [1.54, 1.807) is 0 Å². The van der Waals surface area contributed by atoms with E-state index in [1.165, 1.54) is 4.57 Å². The van der Waals surface area contributed by atoms with E-state index in [0.717, 1.165) is 6.33 Å². The molecule has 3 rings (SSSR count). The van der Waals surface area contributed by atoms with Crippen LogP contribution in [0.15, 0.2) is 6.33 Å². The summed E-state index contributed by atoms with van der Waals surface area (Å²) in [5.41, 5.74) is 11.5. The van der Waals surface area contributed by atoms with Crippen molar-refractivity contribution in [1.82, 2.24) is 30.2 Å². The van der Waals surface area contributed by atoms with E-state index in [4.69, 9.17) is 43.2 Å². The van der Waals surface area contributed by atoms with Gasteiger partial charge in [-0.25, -0.2) is 18.6 Å². The van der Waals surface area contributed by atoms with Gasteiger partial charge in [-0.3, -0.25) is 32.6 Å². The SMILES string of the molecule is Nc1nc(=S)c2ncn([C@@H]3O[C@H](COP(=O)([O-])OP(=O)([O-])OP(=O)([O-])O)[C@H](O)C3OCC(=O)NCCNC(=O)C(N)CCC(=O)O)c2[nH]1. The first-order valence-corrected chi connectivity index (χ1v) is 17.9. The highest BCUT2D eigenvalue weighted by Gasteiger charge is 2.47. The van der Waals surface area contributed by atoms with Gasteiger partial charge in [0, 0.05) is 19.5 Å². The fraction of sp³-hybridized carbons (Fsp3) is 0.579. The molecule has 0 aliphatic carbocycles. The Labute approximate surface area is 273 Å². The minimum Gasteiger partial charge on any atom is -0.756 e. The number of aliphatic hydroxyl groups excluding tert-OH is 1. The Bertz CT molecular complexity index is 1700. The number of hydrogen-bond donors (Lipinski definition) is 8. The van der Waals surface area contributed by atoms with E-state index in [9.17, 15) is 47.9 Å². The number of amides is 2. The van der Waals surface area contributed by atoms with E-state index < -0.39 is 85.0 Å². The number of nitrogens with one attached hydrogen (secondary N) is 3. The number of H-pyrrole nitrogens is 1. The third-order valence-corrected chi connectivity index (χ3v) is 9.99. The minimum atomic E-state index is -6.21. The molecule has 25 nitrogen and oxygen atoms in total. The highest BCUT2D eigenvalue weighted by molar-refractivity contribution is 7.71. The molecule has 1 aliphatic heterocycles. The fourth-order valence-electron chi connectivity index (χ4n) is 4.01. The quantitative estimate of drug-likeness (QED) is 0.0403. The number of carbonyl (C=O) groups is 3. The zero-order valence-corrected chi connectivity index (χ0v) is 27.5. The number of anilines is 1. The molecule has 270 valence electrons. The smallest absolute Gasteiger partial charge is 0.303 e. The van der Waals surface area contributed by atoms with Gasteiger partial charge < -0.3 is 70.9 Å². The molecule has 2 amide bonds. The number of nitrogens with zero attached hydrogens (tertiary/aromatic N) is 3. The molecule has 29 heteroatoms. The van der Waals surface area contributed by atoms with Crippen molar-refractivity contribution in [3.8, 4) is 0 Å². The van der Waals surface area contributed by atoms with Crippen molar-refractivity contribution >= 4 is 70.6 Å². The number of phosphoric acid groups is 3. The summed E-state index contributed by atoms with van der Waals surface area (Å²) in [5, 5.41) is 24.4. The van der Waals surface area contributed by atoms with E-state index in [-0.39, 0.29) is 47.7 Å². The van der Waals surface area contributed by atoms with Crippen molar-refractivity contribution in [1.29, 1.82) is 0 Å². The second kappa shape index (κ2) is 16.3. The number of carbonyl (C=O) groups excluding carboxylic acids is 2. The lowest BCUT2D eigenvalue weighted by molar-refractivity contribution is -0.250. The van der Waals surface area contributed by atoms with Crippen LogP contribution in [0, 0.1) is 4.64 Å². The maximum Gasteiger partial charge on any atom is 0.303 e. The first kappa shape index (κ1) is 39.7. The molecule has 2 aromatic heterocycles. The van der Waals surface area contributed by atoms with Crippen LogP contribution in [0.2, 0.25) is 0 Å². The van der Waals surface area contributed by atoms with Crippen molar-refractivity contribution in [2.45, 2.75) is 43.4 Å². The van der Waals surface area contributed by atoms with Gasteiger partial charge in [-0.05, 0) is 6.42 Å². The molecule has 0 aromatic carbocycles. The first-order chi connectivity index (χ1) is 22.2. The van der Waals surface area contributed by atoms with E-state index >= 15 is 0 Å². The number of rotatable bonds is 18. The number of fused-ring (bicyclic) bond motifs is 1. The second-order valence-corrected chi connectivity index (χ2v) is 14.3. The van der Waals surface area contributed by atoms with E-state index in [1.807, 2.05) is 0 Å². The van der Waals surface area contributed by atoms with Gasteiger partial charge in [0.2, 0.25) is 11.8 Å². The molecular weight excluding hydrogens is 737 g/mol. The monoisotopic (exact) mass is 765 g/mol. The van der Waals surface area contributed by atoms with Crippen LogP contribution >= 0.6 is 35.7 Å². The molecule has 1 fully saturated rings. The predicted octanol–water partition coefficient (Wildman–Crippen LogP) is -4.41. The molecule has 48 heavy (non-hydrogen) atoms. The molecule has 5 unspecified atom stereocenters. The van der Waals surface area contributed by atoms with Gasteiger partial charge in [-0.2, -0.15) is 0 Å². The molecule has 8 atom stereocenters. The van der Waals surface area contributed by atoms with Gasteiger partial charge in [0.05, 0.1) is 19.0 Å². The number of nitrogen functional groups attached to an aromatic ring is 1. The lowest BCUT2D eigenvalue weighted by Gasteiger charge is -2.33. The van der Waals surface area contributed by atoms with Gasteiger partial charge in [0.15, 0.2) is 16.8 Å². The van der Waals surface area contributed by atoms with Gasteiger partial charge >= 0.3 is 5.97 Å². The van der Waals surface area contributed by atoms with Gasteiger partial charge in [-0.1, -0.05) is 12.2 Å². The van der Waals surface area contributed by atoms with Crippen LogP contribution in [-0.4, -0.2) is 103 Å². The van der Waals surface area contributed by atoms with E-state index in [0.29, 0.717) is 0 Å². The maximum atomic E-state index is 12.5. The number of carboxylic acids is 1. The summed E-state index contributed by atoms with van der Waals surface area (Å²) in [7, 11) is -18.1. The number of nitrogens with two attached hydrogens (primary N) is 2. The van der Waals surface area contributed by atoms with Crippen LogP contribution < -0.4 is 36.8 Å². The van der Waals surface area contributed by atoms with Gasteiger partial charge in [0.25, 0.3) is 23.5 Å². The zero-order chi connectivity index (χ0) is 36.0. The standard InChI is InChI=1S/C19H31N8O17P3S/c20-8(1-2-11(29)30)16(32)23-4-3-22-10(28)6-40-14-13(31)9(5-41-46(36,37)44-47(38,39)43-45(33,34)35)42-18(14)27-7-24-12-15(27)25-19(21)26-17(12)48/h7-9,13-14,18,31H,1-6,20H2,(H,22,28)(H,23,32)(H,29,30)(H,36,37)(H,38,39)(H2,33,34,35)(H3,21,25,26,48)/p-3/t8?,9-,13+,14?,18-/m1/s1. The second-order valence-electron chi connectivity index (χ2n) is 9.61. The van der Waals surface area contributed by atoms with Crippen molar-refractivity contribution in [2.75, 3.05) is 32.0 Å². The Kier molecular flexibility index (Phi) is 13.5. The average Bonchev–Trinajstić information content (AvgIpc) is 3.50. The average molecular weight is 765 g/mol. The highest BCUT2D eigenvalue weighted by atomic mass is 32.1. The van der Waals surface area contributed by atoms with Crippen LogP contribution in [0.4, 0.5) is 5.95 Å². The van der Waals surface area contributed by atoms with Crippen LogP contribution in [0.1, 0.15) is 19.1 Å². The first-order valence-electron chi connectivity index (χ1n) is 13.1. The van der Waals surface area contributed by atoms with Crippen LogP contribution in [0.3, 0.4) is 0 Å². The molecule has 10 N–H and O–H groups in total. The van der Waals surface area contributed by atoms with E-state index in [2.05, 4.69) is 38.7 Å². The van der Waals surface area contributed by atoms with Crippen LogP contribution in [0.5, 0.6) is 0 Å². The number of aliphatic hydroxyl groups is 1. The third-order valence-electron chi connectivity index (χ3n) is 6.01. The molecule has 1 saturated heterocycles. The van der Waals surface area contributed by atoms with Crippen LogP contribution in [-0.2, 0) is 50.7 Å². The molecule has 0 radical (unpaired) electrons. The Morgan fingerprint density at radius 1 is 1.17 bits per heavy atom. The summed E-state index contributed by atoms with van der Waals surface area (Å²) in [4.78, 5) is 88.3. The highest BCUT2D eigenvalue weighted by Crippen LogP contribution is 2.61. The molecule has 3 heterocycles. The topological polar surface area (TPSA) is 401 Å². The third kappa shape index (κ3) is 11.7. The summed E-state index contributed by atoms with van der Waals surface area (Å²) in [5.74, 6) is -2.70. The number of hydrogen-bond acceptors (Lipinski definition) is 20. The molecular formula is C19H28N8O17P3S-3. The maximum absolute atomic E-state index is 12.5. The predicted molar refractivity (Wildman–Crippen MR) is 151 cm³/mol. The fourth-order valence-corrected chi connectivity index (χ4v) is 7.15. The van der Waals surface area contributed by atoms with Gasteiger partial charge in [0.1, 0.15) is 36.1 Å². The molecule has 0 spiro atoms. The number of aromatic amines is 1. The molecule has 2 aromatic rings. The molecule has 0 saturated carbocycles. The van der Waals surface area contributed by atoms with Crippen molar-refractivity contribution in [3.63, 3.8) is 0 Å². The number of carboxylic acid groups (broad SMARTS) is 1. The minimum absolute atomic E-state index is 0.0376. The molecule has 0 bridgehead atoms. The Balaban J connectivity index is 1.68. The lowest BCUT2D eigenvalue weighted by Crippen LogP contribution is -2.44. The summed E-state index contributed by atoms with van der Waals surface area (Å²) in [6, 6.07) is -1.09. The zero-order valence-electron chi connectivity index (χ0n) is 24.0. The summed E-state index contributed by atoms with van der Waals surface area (Å²) in [6.07, 6.45) is -5.69. The summed E-state index contributed by atoms with van der Waals surface area (Å²) < 4.78 is 57.8. The number of aliphatic carboxylic acids is 1. The largest absolute Gasteiger partial charge is 0.756 e. The van der Waals surface area contributed by atoms with Crippen molar-refractivity contribution in [2.24, 2.45) is 5.73 Å². The number of ether oxygens (including phenoxy) is 2. The summed E-state index contributed by atoms with van der Waals surface area (Å²) in [6.45, 7) is -2.13. The summed E-state index contributed by atoms with van der Waals surface area (Å²) >= 11 is 5.12. The molecule has 1 aliphatic rings. The number of imidazole rings is 1. The number of phosphoric ester groups is 1. The number of aromatic nitrogens is 4. The van der Waals surface area contributed by atoms with Crippen LogP contribution in [0.25, 0.3) is 11.2 Å². The lowest BCUT2D eigenvalue weighted by atomic mass is 10.1. The Morgan fingerprint density at radius 3 is 2.48 bits per heavy atom. The van der Waals surface area contributed by atoms with Crippen molar-refractivity contribution in [3.05, 3.63) is 11.0 Å². The Hall–Kier alpha value is -2.77.